The van der Waals surface area contributed by atoms with Crippen molar-refractivity contribution in [2.75, 3.05) is 38.8 Å². The smallest absolute Gasteiger partial charge is 0.143 e. The Morgan fingerprint density at radius 3 is 2.32 bits per heavy atom. The van der Waals surface area contributed by atoms with E-state index < -0.39 is 6.23 Å². The Hall–Kier alpha value is -2.38. The van der Waals surface area contributed by atoms with Crippen LogP contribution in [0.1, 0.15) is 38.3 Å². The van der Waals surface area contributed by atoms with Gasteiger partial charge < -0.3 is 24.2 Å². The minimum Gasteiger partial charge on any atom is -0.489 e. The summed E-state index contributed by atoms with van der Waals surface area (Å²) in [6, 6.07) is 18.1. The zero-order valence-electron chi connectivity index (χ0n) is 20.8. The quantitative estimate of drug-likeness (QED) is 0.553. The second kappa shape index (κ2) is 11.4. The third-order valence-corrected chi connectivity index (χ3v) is 7.02. The molecule has 1 saturated heterocycles. The number of rotatable bonds is 9. The summed E-state index contributed by atoms with van der Waals surface area (Å²) in [4.78, 5) is 4.50. The molecular formula is C28H38N2O4. The summed E-state index contributed by atoms with van der Waals surface area (Å²) >= 11 is 0. The van der Waals surface area contributed by atoms with E-state index in [1.807, 2.05) is 42.5 Å². The molecule has 0 aliphatic carbocycles. The number of para-hydroxylation sites is 2. The molecule has 2 aliphatic rings. The molecule has 4 rings (SSSR count). The number of nitrogens with zero attached hydrogens (tertiary/aromatic N) is 2. The van der Waals surface area contributed by atoms with Crippen molar-refractivity contribution in [3.8, 4) is 5.75 Å². The summed E-state index contributed by atoms with van der Waals surface area (Å²) in [5.41, 5.74) is 3.34. The number of benzene rings is 2. The van der Waals surface area contributed by atoms with Gasteiger partial charge in [-0.15, -0.1) is 0 Å². The van der Waals surface area contributed by atoms with E-state index in [4.69, 9.17) is 14.2 Å². The summed E-state index contributed by atoms with van der Waals surface area (Å²) in [5, 5.41) is 12.1. The van der Waals surface area contributed by atoms with Crippen LogP contribution >= 0.6 is 0 Å². The van der Waals surface area contributed by atoms with Crippen LogP contribution in [0.25, 0.3) is 0 Å². The van der Waals surface area contributed by atoms with Crippen LogP contribution in [0.2, 0.25) is 0 Å². The molecule has 6 nitrogen and oxygen atoms in total. The lowest BCUT2D eigenvalue weighted by Crippen LogP contribution is -2.55. The highest BCUT2D eigenvalue weighted by molar-refractivity contribution is 5.62. The van der Waals surface area contributed by atoms with Crippen molar-refractivity contribution in [3.05, 3.63) is 71.8 Å². The number of likely N-dealkylation sites (tertiary alicyclic amines) is 1. The first-order valence-electron chi connectivity index (χ1n) is 12.2. The van der Waals surface area contributed by atoms with Crippen LogP contribution in [0.5, 0.6) is 5.75 Å². The number of hydrogen-bond donors (Lipinski definition) is 1. The fraction of sp³-hybridized carbons (Fsp3) is 0.500. The molecule has 2 heterocycles. The van der Waals surface area contributed by atoms with Crippen molar-refractivity contribution in [1.29, 1.82) is 0 Å². The molecule has 2 aromatic carbocycles. The Kier molecular flexibility index (Phi) is 8.27. The van der Waals surface area contributed by atoms with E-state index in [1.54, 1.807) is 14.2 Å². The maximum atomic E-state index is 12.1. The van der Waals surface area contributed by atoms with E-state index >= 15 is 0 Å². The minimum atomic E-state index is -0.728. The molecule has 0 radical (unpaired) electrons. The molecule has 6 heteroatoms. The van der Waals surface area contributed by atoms with Crippen LogP contribution in [0.4, 0.5) is 5.69 Å². The summed E-state index contributed by atoms with van der Waals surface area (Å²) in [7, 11) is 3.47. The molecule has 0 amide bonds. The summed E-state index contributed by atoms with van der Waals surface area (Å²) in [5.74, 6) is 0.808. The van der Waals surface area contributed by atoms with Crippen LogP contribution in [-0.2, 0) is 9.47 Å². The minimum absolute atomic E-state index is 0.00921. The molecule has 0 aromatic heterocycles. The number of methoxy groups -OCH3 is 2. The van der Waals surface area contributed by atoms with Crippen molar-refractivity contribution >= 4 is 5.69 Å². The van der Waals surface area contributed by atoms with Crippen molar-refractivity contribution < 1.29 is 19.3 Å². The molecule has 5 atom stereocenters. The van der Waals surface area contributed by atoms with Crippen molar-refractivity contribution in [2.45, 2.75) is 57.2 Å². The van der Waals surface area contributed by atoms with Crippen LogP contribution in [0.15, 0.2) is 66.2 Å². The van der Waals surface area contributed by atoms with Gasteiger partial charge in [0.1, 0.15) is 18.6 Å². The van der Waals surface area contributed by atoms with E-state index in [9.17, 15) is 5.11 Å². The first kappa shape index (κ1) is 24.7. The zero-order chi connectivity index (χ0) is 24.1. The number of hydrogen-bond acceptors (Lipinski definition) is 6. The van der Waals surface area contributed by atoms with Crippen LogP contribution in [-0.4, -0.2) is 68.4 Å². The third-order valence-electron chi connectivity index (χ3n) is 7.02. The van der Waals surface area contributed by atoms with Crippen molar-refractivity contribution in [3.63, 3.8) is 0 Å². The summed E-state index contributed by atoms with van der Waals surface area (Å²) in [6.45, 7) is 6.18. The second-order valence-corrected chi connectivity index (χ2v) is 9.45. The van der Waals surface area contributed by atoms with Crippen LogP contribution in [0.3, 0.4) is 0 Å². The molecule has 5 unspecified atom stereocenters. The Labute approximate surface area is 203 Å². The number of fused-ring (bicyclic) bond motifs is 1. The highest BCUT2D eigenvalue weighted by Crippen LogP contribution is 2.42. The van der Waals surface area contributed by atoms with Gasteiger partial charge in [0.05, 0.1) is 30.0 Å². The van der Waals surface area contributed by atoms with Gasteiger partial charge in [-0.05, 0) is 44.4 Å². The molecule has 1 N–H and O–H groups in total. The molecule has 184 valence electrons. The van der Waals surface area contributed by atoms with E-state index in [0.29, 0.717) is 6.61 Å². The van der Waals surface area contributed by atoms with Gasteiger partial charge in [0.2, 0.25) is 0 Å². The van der Waals surface area contributed by atoms with Gasteiger partial charge >= 0.3 is 0 Å². The van der Waals surface area contributed by atoms with Gasteiger partial charge in [-0.2, -0.15) is 0 Å². The monoisotopic (exact) mass is 466 g/mol. The maximum Gasteiger partial charge on any atom is 0.143 e. The SMILES string of the molecule is COC1CN(C(CCC=C(C)C)C(O)N2c3ccccc3OCC2c2ccccc2)CC1OC. The largest absolute Gasteiger partial charge is 0.489 e. The molecule has 0 spiro atoms. The molecule has 2 aromatic rings. The molecule has 1 fully saturated rings. The van der Waals surface area contributed by atoms with Gasteiger partial charge in [-0.3, -0.25) is 4.90 Å². The summed E-state index contributed by atoms with van der Waals surface area (Å²) < 4.78 is 17.6. The lowest BCUT2D eigenvalue weighted by atomic mass is 9.99. The number of ether oxygens (including phenoxy) is 3. The number of aliphatic hydroxyl groups excluding tert-OH is 1. The maximum absolute atomic E-state index is 12.1. The molecule has 2 aliphatic heterocycles. The first-order valence-corrected chi connectivity index (χ1v) is 12.2. The molecular weight excluding hydrogens is 428 g/mol. The van der Waals surface area contributed by atoms with E-state index in [-0.39, 0.29) is 24.3 Å². The average molecular weight is 467 g/mol. The second-order valence-electron chi connectivity index (χ2n) is 9.45. The van der Waals surface area contributed by atoms with Gasteiger partial charge in [0.25, 0.3) is 0 Å². The van der Waals surface area contributed by atoms with Crippen molar-refractivity contribution in [2.24, 2.45) is 0 Å². The Morgan fingerprint density at radius 1 is 1.03 bits per heavy atom. The lowest BCUT2D eigenvalue weighted by molar-refractivity contribution is -0.00461. The highest BCUT2D eigenvalue weighted by atomic mass is 16.5. The molecule has 0 bridgehead atoms. The number of allylic oxidation sites excluding steroid dienone is 2. The Morgan fingerprint density at radius 2 is 1.68 bits per heavy atom. The van der Waals surface area contributed by atoms with Crippen molar-refractivity contribution in [1.82, 2.24) is 4.90 Å². The molecule has 34 heavy (non-hydrogen) atoms. The fourth-order valence-corrected chi connectivity index (χ4v) is 5.21. The fourth-order valence-electron chi connectivity index (χ4n) is 5.21. The molecule has 0 saturated carbocycles. The highest BCUT2D eigenvalue weighted by Gasteiger charge is 2.43. The Balaban J connectivity index is 1.69. The van der Waals surface area contributed by atoms with E-state index in [1.165, 1.54) is 5.57 Å². The summed E-state index contributed by atoms with van der Waals surface area (Å²) in [6.07, 6.45) is 3.24. The average Bonchev–Trinajstić information content (AvgIpc) is 3.29. The van der Waals surface area contributed by atoms with E-state index in [2.05, 4.69) is 41.9 Å². The predicted octanol–water partition coefficient (Wildman–Crippen LogP) is 4.41. The standard InChI is InChI=1S/C28H38N2O4/c1-20(2)11-10-15-23(29-17-26(32-3)27(18-29)33-4)28(31)30-22-14-8-9-16-25(22)34-19-24(30)21-12-6-5-7-13-21/h5-9,11-14,16,23-24,26-28,31H,10,15,17-19H2,1-4H3. The zero-order valence-corrected chi connectivity index (χ0v) is 20.8. The lowest BCUT2D eigenvalue weighted by Gasteiger charge is -2.46. The number of anilines is 1. The van der Waals surface area contributed by atoms with Gasteiger partial charge in [-0.25, -0.2) is 0 Å². The topological polar surface area (TPSA) is 54.4 Å². The third kappa shape index (κ3) is 5.31. The van der Waals surface area contributed by atoms with Gasteiger partial charge in [-0.1, -0.05) is 54.1 Å². The normalized spacial score (nSPS) is 24.3. The van der Waals surface area contributed by atoms with Crippen LogP contribution < -0.4 is 9.64 Å². The van der Waals surface area contributed by atoms with Gasteiger partial charge in [0, 0.05) is 27.3 Å². The van der Waals surface area contributed by atoms with Gasteiger partial charge in [0.15, 0.2) is 0 Å². The predicted molar refractivity (Wildman–Crippen MR) is 135 cm³/mol. The Bertz CT molecular complexity index is 934. The van der Waals surface area contributed by atoms with E-state index in [0.717, 1.165) is 42.9 Å². The first-order chi connectivity index (χ1) is 16.5. The van der Waals surface area contributed by atoms with Crippen LogP contribution in [0, 0.1) is 0 Å². The number of aliphatic hydroxyl groups is 1.